The smallest absolute Gasteiger partial charge is 0.361 e. The molecule has 0 saturated carbocycles. The van der Waals surface area contributed by atoms with E-state index in [1.54, 1.807) is 0 Å². The Balaban J connectivity index is 3.87. The molecule has 0 aliphatic heterocycles. The molecule has 1 N–H and O–H groups in total. The number of carbonyl (C=O) groups is 3. The molecular weight excluding hydrogens is 947 g/mol. The summed E-state index contributed by atoms with van der Waals surface area (Å²) in [5.41, 5.74) is 0. The molecule has 0 rings (SSSR count). The van der Waals surface area contributed by atoms with Gasteiger partial charge in [-0.05, 0) is 77.0 Å². The Bertz CT molecular complexity index is 1470. The van der Waals surface area contributed by atoms with Crippen LogP contribution in [0.5, 0.6) is 0 Å². The zero-order valence-corrected chi connectivity index (χ0v) is 50.2. The molecule has 9 heteroatoms. The lowest BCUT2D eigenvalue weighted by Crippen LogP contribution is -2.40. The quantitative estimate of drug-likeness (QED) is 0.0211. The molecule has 0 aromatic carbocycles. The van der Waals surface area contributed by atoms with Gasteiger partial charge in [-0.2, -0.15) is 0 Å². The van der Waals surface area contributed by atoms with Crippen molar-refractivity contribution in [3.63, 3.8) is 0 Å². The summed E-state index contributed by atoms with van der Waals surface area (Å²) in [6.07, 6.45) is 73.3. The number of carbonyl (C=O) groups excluding carboxylic acids is 2. The van der Waals surface area contributed by atoms with E-state index in [4.69, 9.17) is 18.9 Å². The third kappa shape index (κ3) is 58.4. The zero-order chi connectivity index (χ0) is 55.5. The molecule has 0 aromatic rings. The number of aliphatic carboxylic acids is 1. The van der Waals surface area contributed by atoms with E-state index in [2.05, 4.69) is 86.8 Å². The van der Waals surface area contributed by atoms with Crippen LogP contribution in [0.25, 0.3) is 0 Å². The van der Waals surface area contributed by atoms with E-state index in [1.807, 2.05) is 21.1 Å². The first kappa shape index (κ1) is 72.7. The summed E-state index contributed by atoms with van der Waals surface area (Å²) in [5.74, 6) is -2.01. The van der Waals surface area contributed by atoms with E-state index in [9.17, 15) is 19.5 Å². The molecule has 0 radical (unpaired) electrons. The fourth-order valence-corrected chi connectivity index (χ4v) is 8.87. The number of rotatable bonds is 58. The van der Waals surface area contributed by atoms with Crippen molar-refractivity contribution in [2.75, 3.05) is 47.5 Å². The summed E-state index contributed by atoms with van der Waals surface area (Å²) in [5, 5.41) is 9.68. The average molecular weight is 1070 g/mol. The number of hydrogen-bond donors (Lipinski definition) is 1. The number of quaternary nitrogens is 1. The lowest BCUT2D eigenvalue weighted by molar-refractivity contribution is -0.870. The van der Waals surface area contributed by atoms with Crippen LogP contribution in [0.15, 0.2) is 72.9 Å². The van der Waals surface area contributed by atoms with Gasteiger partial charge in [0, 0.05) is 12.8 Å². The van der Waals surface area contributed by atoms with Crippen LogP contribution >= 0.6 is 0 Å². The number of ether oxygens (including phenoxy) is 4. The Kier molecular flexibility index (Phi) is 55.4. The largest absolute Gasteiger partial charge is 0.477 e. The molecule has 0 fully saturated rings. The van der Waals surface area contributed by atoms with Crippen LogP contribution in [0, 0.1) is 0 Å². The van der Waals surface area contributed by atoms with E-state index >= 15 is 0 Å². The first-order chi connectivity index (χ1) is 37.1. The summed E-state index contributed by atoms with van der Waals surface area (Å²) in [7, 11) is 5.96. The van der Waals surface area contributed by atoms with Crippen LogP contribution < -0.4 is 0 Å². The third-order valence-corrected chi connectivity index (χ3v) is 13.7. The van der Waals surface area contributed by atoms with E-state index in [0.717, 1.165) is 96.3 Å². The molecule has 0 saturated heterocycles. The SMILES string of the molecule is CC/C=C\C/C=C\C/C=C\C/C=C\C/C=C\CCCCCCCCCCCCCCCCCCCCCCCCCCCC(=O)OC(COC(=O)CCCCCCC/C=C\CCC)COC(OCC[N+](C)(C)C)C(=O)O. The summed E-state index contributed by atoms with van der Waals surface area (Å²) < 4.78 is 22.8. The zero-order valence-electron chi connectivity index (χ0n) is 50.2. The summed E-state index contributed by atoms with van der Waals surface area (Å²) in [6, 6.07) is 0. The second-order valence-electron chi connectivity index (χ2n) is 22.3. The number of unbranched alkanes of at least 4 members (excludes halogenated alkanes) is 31. The van der Waals surface area contributed by atoms with E-state index in [0.29, 0.717) is 17.4 Å². The van der Waals surface area contributed by atoms with Gasteiger partial charge < -0.3 is 28.5 Å². The maximum atomic E-state index is 12.9. The lowest BCUT2D eigenvalue weighted by atomic mass is 10.0. The van der Waals surface area contributed by atoms with Crippen molar-refractivity contribution >= 4 is 17.9 Å². The topological polar surface area (TPSA) is 108 Å². The second kappa shape index (κ2) is 57.9. The fourth-order valence-electron chi connectivity index (χ4n) is 8.87. The number of likely N-dealkylation sites (N-methyl/N-ethyl adjacent to an activating group) is 1. The Hall–Kier alpha value is -3.27. The predicted octanol–water partition coefficient (Wildman–Crippen LogP) is 19.0. The van der Waals surface area contributed by atoms with Gasteiger partial charge in [-0.25, -0.2) is 4.79 Å². The summed E-state index contributed by atoms with van der Waals surface area (Å²) in [6.45, 7) is 4.70. The van der Waals surface area contributed by atoms with Gasteiger partial charge in [0.25, 0.3) is 6.29 Å². The second-order valence-corrected chi connectivity index (χ2v) is 22.3. The Labute approximate surface area is 468 Å². The van der Waals surface area contributed by atoms with Crippen LogP contribution in [-0.2, 0) is 33.3 Å². The highest BCUT2D eigenvalue weighted by molar-refractivity contribution is 5.71. The van der Waals surface area contributed by atoms with E-state index < -0.39 is 24.3 Å². The molecule has 0 aliphatic carbocycles. The maximum absolute atomic E-state index is 12.9. The van der Waals surface area contributed by atoms with Crippen molar-refractivity contribution in [3.05, 3.63) is 72.9 Å². The van der Waals surface area contributed by atoms with Gasteiger partial charge in [0.15, 0.2) is 6.10 Å². The van der Waals surface area contributed by atoms with Crippen molar-refractivity contribution in [3.8, 4) is 0 Å². The van der Waals surface area contributed by atoms with Crippen LogP contribution in [0.3, 0.4) is 0 Å². The predicted molar refractivity (Wildman–Crippen MR) is 323 cm³/mol. The Morgan fingerprint density at radius 1 is 0.408 bits per heavy atom. The van der Waals surface area contributed by atoms with Gasteiger partial charge in [-0.3, -0.25) is 9.59 Å². The highest BCUT2D eigenvalue weighted by Crippen LogP contribution is 2.17. The number of allylic oxidation sites excluding steroid dienone is 12. The minimum Gasteiger partial charge on any atom is -0.477 e. The highest BCUT2D eigenvalue weighted by Gasteiger charge is 2.25. The van der Waals surface area contributed by atoms with Gasteiger partial charge in [0.2, 0.25) is 0 Å². The molecule has 0 bridgehead atoms. The molecule has 76 heavy (non-hydrogen) atoms. The number of nitrogens with zero attached hydrogens (tertiary/aromatic N) is 1. The summed E-state index contributed by atoms with van der Waals surface area (Å²) >= 11 is 0. The average Bonchev–Trinajstić information content (AvgIpc) is 3.39. The number of carboxylic acids is 1. The molecule has 9 nitrogen and oxygen atoms in total. The van der Waals surface area contributed by atoms with Crippen molar-refractivity contribution in [1.29, 1.82) is 0 Å². The van der Waals surface area contributed by atoms with E-state index in [-0.39, 0.29) is 32.2 Å². The normalized spacial score (nSPS) is 13.2. The van der Waals surface area contributed by atoms with Gasteiger partial charge in [-0.1, -0.05) is 260 Å². The first-order valence-corrected chi connectivity index (χ1v) is 31.6. The molecule has 2 atom stereocenters. The van der Waals surface area contributed by atoms with Gasteiger partial charge in [0.1, 0.15) is 13.2 Å². The van der Waals surface area contributed by atoms with Crippen LogP contribution in [-0.4, -0.2) is 87.4 Å². The van der Waals surface area contributed by atoms with Gasteiger partial charge in [0.05, 0.1) is 34.4 Å². The minimum atomic E-state index is -1.51. The van der Waals surface area contributed by atoms with E-state index in [1.165, 1.54) is 154 Å². The standard InChI is InChI=1S/C67H119NO8/c1-6-8-10-12-14-16-18-19-20-21-22-23-24-25-26-27-28-29-30-31-32-33-34-35-36-37-38-39-40-41-42-43-44-45-46-47-48-50-52-54-56-58-65(70)76-63(62-75-67(66(71)72)73-60-59-68(3,4)5)61-74-64(69)57-55-53-51-49-17-15-13-11-9-7-2/h8,10-11,13-14,16,19-20,22-23,25-26,63,67H,6-7,9,12,15,17-18,21,24,27-62H2,1-5H3/p+1/b10-8-,13-11-,16-14-,20-19-,23-22-,26-25-. The van der Waals surface area contributed by atoms with Crippen LogP contribution in [0.2, 0.25) is 0 Å². The minimum absolute atomic E-state index is 0.184. The molecule has 0 aromatic heterocycles. The van der Waals surface area contributed by atoms with Crippen LogP contribution in [0.4, 0.5) is 0 Å². The van der Waals surface area contributed by atoms with Crippen LogP contribution in [0.1, 0.15) is 277 Å². The lowest BCUT2D eigenvalue weighted by Gasteiger charge is -2.25. The van der Waals surface area contributed by atoms with Gasteiger partial charge in [-0.15, -0.1) is 0 Å². The van der Waals surface area contributed by atoms with Crippen molar-refractivity contribution < 1.29 is 42.9 Å². The molecule has 440 valence electrons. The Morgan fingerprint density at radius 2 is 0.750 bits per heavy atom. The molecule has 2 unspecified atom stereocenters. The maximum Gasteiger partial charge on any atom is 0.361 e. The van der Waals surface area contributed by atoms with Crippen molar-refractivity contribution in [1.82, 2.24) is 0 Å². The third-order valence-electron chi connectivity index (χ3n) is 13.7. The number of esters is 2. The molecule has 0 heterocycles. The first-order valence-electron chi connectivity index (χ1n) is 31.6. The fraction of sp³-hybridized carbons (Fsp3) is 0.776. The number of carboxylic acid groups (broad SMARTS) is 1. The van der Waals surface area contributed by atoms with Crippen molar-refractivity contribution in [2.24, 2.45) is 0 Å². The van der Waals surface area contributed by atoms with Gasteiger partial charge >= 0.3 is 17.9 Å². The van der Waals surface area contributed by atoms with Crippen molar-refractivity contribution in [2.45, 2.75) is 289 Å². The monoisotopic (exact) mass is 1070 g/mol. The number of hydrogen-bond acceptors (Lipinski definition) is 7. The molecular formula is C67H120NO8+. The summed E-state index contributed by atoms with van der Waals surface area (Å²) in [4.78, 5) is 37.3. The molecule has 0 aliphatic rings. The Morgan fingerprint density at radius 3 is 1.13 bits per heavy atom. The molecule has 0 spiro atoms. The molecule has 0 amide bonds. The highest BCUT2D eigenvalue weighted by atomic mass is 16.7.